The first-order valence-corrected chi connectivity index (χ1v) is 8.64. The standard InChI is InChI=1S/C15H26N2O3S/c1-5-17-21(19,20)14-8-6-12(7-9-14)16-11-13(18)10-15(2,3)4/h6-9,13,16-18H,5,10-11H2,1-4H3. The molecule has 0 aliphatic carbocycles. The summed E-state index contributed by atoms with van der Waals surface area (Å²) in [5, 5.41) is 13.0. The number of hydrogen-bond donors (Lipinski definition) is 3. The zero-order valence-corrected chi connectivity index (χ0v) is 14.0. The third kappa shape index (κ3) is 6.46. The van der Waals surface area contributed by atoms with E-state index in [-0.39, 0.29) is 10.3 Å². The molecule has 6 heteroatoms. The molecule has 0 aliphatic rings. The van der Waals surface area contributed by atoms with Crippen LogP contribution in [-0.4, -0.2) is 32.7 Å². The largest absolute Gasteiger partial charge is 0.391 e. The maximum absolute atomic E-state index is 11.8. The number of hydrogen-bond acceptors (Lipinski definition) is 4. The lowest BCUT2D eigenvalue weighted by Crippen LogP contribution is -2.25. The van der Waals surface area contributed by atoms with Crippen molar-refractivity contribution in [3.05, 3.63) is 24.3 Å². The van der Waals surface area contributed by atoms with Gasteiger partial charge in [-0.15, -0.1) is 0 Å². The number of aliphatic hydroxyl groups excluding tert-OH is 1. The molecule has 21 heavy (non-hydrogen) atoms. The third-order valence-corrected chi connectivity index (χ3v) is 4.45. The van der Waals surface area contributed by atoms with Gasteiger partial charge in [-0.2, -0.15) is 0 Å². The van der Waals surface area contributed by atoms with Crippen molar-refractivity contribution in [2.45, 2.75) is 45.1 Å². The molecule has 5 nitrogen and oxygen atoms in total. The molecule has 1 unspecified atom stereocenters. The Morgan fingerprint density at radius 1 is 1.19 bits per heavy atom. The van der Waals surface area contributed by atoms with Gasteiger partial charge >= 0.3 is 0 Å². The molecule has 0 fully saturated rings. The lowest BCUT2D eigenvalue weighted by atomic mass is 9.89. The van der Waals surface area contributed by atoms with Gasteiger partial charge in [0.05, 0.1) is 11.0 Å². The molecule has 0 heterocycles. The smallest absolute Gasteiger partial charge is 0.240 e. The van der Waals surface area contributed by atoms with Crippen LogP contribution in [0.3, 0.4) is 0 Å². The summed E-state index contributed by atoms with van der Waals surface area (Å²) in [6.07, 6.45) is 0.266. The van der Waals surface area contributed by atoms with Crippen molar-refractivity contribution in [2.24, 2.45) is 5.41 Å². The fourth-order valence-corrected chi connectivity index (χ4v) is 3.08. The zero-order chi connectivity index (χ0) is 16.1. The Morgan fingerprint density at radius 3 is 2.24 bits per heavy atom. The van der Waals surface area contributed by atoms with E-state index in [0.29, 0.717) is 19.5 Å². The number of rotatable bonds is 7. The number of benzene rings is 1. The van der Waals surface area contributed by atoms with Crippen LogP contribution in [0, 0.1) is 5.41 Å². The first kappa shape index (κ1) is 17.9. The monoisotopic (exact) mass is 314 g/mol. The van der Waals surface area contributed by atoms with E-state index in [2.05, 4.69) is 30.8 Å². The van der Waals surface area contributed by atoms with Gasteiger partial charge in [-0.05, 0) is 36.1 Å². The molecule has 120 valence electrons. The summed E-state index contributed by atoms with van der Waals surface area (Å²) in [6.45, 7) is 8.78. The highest BCUT2D eigenvalue weighted by atomic mass is 32.2. The van der Waals surface area contributed by atoms with E-state index in [1.54, 1.807) is 31.2 Å². The van der Waals surface area contributed by atoms with Gasteiger partial charge in [-0.1, -0.05) is 27.7 Å². The molecule has 1 aromatic rings. The van der Waals surface area contributed by atoms with E-state index in [1.165, 1.54) is 0 Å². The van der Waals surface area contributed by atoms with Crippen LogP contribution in [0.5, 0.6) is 0 Å². The Balaban J connectivity index is 2.60. The van der Waals surface area contributed by atoms with Gasteiger partial charge in [0.15, 0.2) is 0 Å². The molecule has 0 radical (unpaired) electrons. The van der Waals surface area contributed by atoms with Gasteiger partial charge in [-0.25, -0.2) is 13.1 Å². The quantitative estimate of drug-likeness (QED) is 0.721. The molecule has 1 atom stereocenters. The maximum Gasteiger partial charge on any atom is 0.240 e. The fourth-order valence-electron chi connectivity index (χ4n) is 2.04. The van der Waals surface area contributed by atoms with Crippen LogP contribution in [0.15, 0.2) is 29.2 Å². The summed E-state index contributed by atoms with van der Waals surface area (Å²) < 4.78 is 26.0. The second kappa shape index (κ2) is 7.24. The first-order chi connectivity index (χ1) is 9.64. The van der Waals surface area contributed by atoms with Crippen LogP contribution in [0.2, 0.25) is 0 Å². The van der Waals surface area contributed by atoms with Crippen molar-refractivity contribution >= 4 is 15.7 Å². The van der Waals surface area contributed by atoms with E-state index < -0.39 is 16.1 Å². The average Bonchev–Trinajstić information content (AvgIpc) is 2.35. The van der Waals surface area contributed by atoms with Crippen LogP contribution < -0.4 is 10.0 Å². The fraction of sp³-hybridized carbons (Fsp3) is 0.600. The molecule has 1 rings (SSSR count). The second-order valence-electron chi connectivity index (χ2n) is 6.33. The lowest BCUT2D eigenvalue weighted by molar-refractivity contribution is 0.132. The van der Waals surface area contributed by atoms with E-state index >= 15 is 0 Å². The van der Waals surface area contributed by atoms with Gasteiger partial charge < -0.3 is 10.4 Å². The molecule has 0 aliphatic heterocycles. The van der Waals surface area contributed by atoms with Crippen molar-refractivity contribution in [2.75, 3.05) is 18.4 Å². The van der Waals surface area contributed by atoms with Crippen LogP contribution in [0.1, 0.15) is 34.1 Å². The number of anilines is 1. The molecule has 0 saturated carbocycles. The highest BCUT2D eigenvalue weighted by Crippen LogP contribution is 2.21. The first-order valence-electron chi connectivity index (χ1n) is 7.16. The Morgan fingerprint density at radius 2 is 1.76 bits per heavy atom. The second-order valence-corrected chi connectivity index (χ2v) is 8.09. The van der Waals surface area contributed by atoms with E-state index in [0.717, 1.165) is 5.69 Å². The number of nitrogens with one attached hydrogen (secondary N) is 2. The van der Waals surface area contributed by atoms with Gasteiger partial charge in [0.1, 0.15) is 0 Å². The number of sulfonamides is 1. The summed E-state index contributed by atoms with van der Waals surface area (Å²) >= 11 is 0. The van der Waals surface area contributed by atoms with Gasteiger partial charge in [-0.3, -0.25) is 0 Å². The predicted octanol–water partition coefficient (Wildman–Crippen LogP) is 2.19. The van der Waals surface area contributed by atoms with Crippen LogP contribution >= 0.6 is 0 Å². The van der Waals surface area contributed by atoms with E-state index in [9.17, 15) is 13.5 Å². The molecule has 0 amide bonds. The zero-order valence-electron chi connectivity index (χ0n) is 13.2. The topological polar surface area (TPSA) is 78.4 Å². The highest BCUT2D eigenvalue weighted by molar-refractivity contribution is 7.89. The Labute approximate surface area is 127 Å². The highest BCUT2D eigenvalue weighted by Gasteiger charge is 2.16. The van der Waals surface area contributed by atoms with Gasteiger partial charge in [0.2, 0.25) is 10.0 Å². The lowest BCUT2D eigenvalue weighted by Gasteiger charge is -2.22. The average molecular weight is 314 g/mol. The summed E-state index contributed by atoms with van der Waals surface area (Å²) in [4.78, 5) is 0.241. The third-order valence-electron chi connectivity index (χ3n) is 2.89. The minimum atomic E-state index is -3.41. The van der Waals surface area contributed by atoms with E-state index in [1.807, 2.05) is 0 Å². The van der Waals surface area contributed by atoms with Crippen LogP contribution in [0.4, 0.5) is 5.69 Å². The molecule has 0 spiro atoms. The molecule has 0 bridgehead atoms. The Kier molecular flexibility index (Phi) is 6.19. The van der Waals surface area contributed by atoms with Gasteiger partial charge in [0.25, 0.3) is 0 Å². The summed E-state index contributed by atoms with van der Waals surface area (Å²) in [6, 6.07) is 6.51. The minimum absolute atomic E-state index is 0.0743. The van der Waals surface area contributed by atoms with Crippen molar-refractivity contribution in [3.63, 3.8) is 0 Å². The van der Waals surface area contributed by atoms with Gasteiger partial charge in [0, 0.05) is 18.8 Å². The SMILES string of the molecule is CCNS(=O)(=O)c1ccc(NCC(O)CC(C)(C)C)cc1. The Bertz CT molecular complexity index is 533. The van der Waals surface area contributed by atoms with Crippen molar-refractivity contribution in [1.29, 1.82) is 0 Å². The summed E-state index contributed by atoms with van der Waals surface area (Å²) in [7, 11) is -3.41. The predicted molar refractivity (Wildman–Crippen MR) is 85.9 cm³/mol. The molecule has 0 saturated heterocycles. The van der Waals surface area contributed by atoms with Crippen molar-refractivity contribution in [1.82, 2.24) is 4.72 Å². The number of aliphatic hydroxyl groups is 1. The molecule has 1 aromatic carbocycles. The maximum atomic E-state index is 11.8. The van der Waals surface area contributed by atoms with E-state index in [4.69, 9.17) is 0 Å². The van der Waals surface area contributed by atoms with Crippen LogP contribution in [0.25, 0.3) is 0 Å². The minimum Gasteiger partial charge on any atom is -0.391 e. The summed E-state index contributed by atoms with van der Waals surface area (Å²) in [5.74, 6) is 0. The molecular weight excluding hydrogens is 288 g/mol. The van der Waals surface area contributed by atoms with Crippen molar-refractivity contribution in [3.8, 4) is 0 Å². The molecule has 0 aromatic heterocycles. The van der Waals surface area contributed by atoms with Crippen LogP contribution in [-0.2, 0) is 10.0 Å². The molecule has 3 N–H and O–H groups in total. The van der Waals surface area contributed by atoms with Crippen molar-refractivity contribution < 1.29 is 13.5 Å². The Hall–Kier alpha value is -1.11. The molecular formula is C15H26N2O3S. The normalized spacial score (nSPS) is 14.0. The summed E-state index contributed by atoms with van der Waals surface area (Å²) in [5.41, 5.74) is 0.864.